The van der Waals surface area contributed by atoms with E-state index in [9.17, 15) is 18.0 Å². The second kappa shape index (κ2) is 7.18. The number of primary amides is 1. The molecule has 8 heteroatoms. The van der Waals surface area contributed by atoms with Gasteiger partial charge in [0, 0.05) is 18.1 Å². The van der Waals surface area contributed by atoms with Gasteiger partial charge in [-0.1, -0.05) is 6.08 Å². The summed E-state index contributed by atoms with van der Waals surface area (Å²) in [6.07, 6.45) is -2.84. The molecule has 0 spiro atoms. The van der Waals surface area contributed by atoms with Gasteiger partial charge in [0.05, 0.1) is 5.56 Å². The third kappa shape index (κ3) is 4.76. The molecule has 0 bridgehead atoms. The number of anilines is 1. The number of thioether (sulfide) groups is 1. The van der Waals surface area contributed by atoms with Gasteiger partial charge in [0.25, 0.3) is 5.91 Å². The molecule has 1 amide bonds. The lowest BCUT2D eigenvalue weighted by molar-refractivity contribution is -0.141. The predicted octanol–water partition coefficient (Wildman–Crippen LogP) is 2.53. The molecule has 110 valence electrons. The zero-order valence-corrected chi connectivity index (χ0v) is 11.4. The third-order valence-electron chi connectivity index (χ3n) is 2.23. The van der Waals surface area contributed by atoms with Gasteiger partial charge in [-0.3, -0.25) is 4.79 Å². The lowest BCUT2D eigenvalue weighted by Gasteiger charge is -2.12. The molecular weight excluding hydrogens is 291 g/mol. The molecule has 0 unspecified atom stereocenters. The normalized spacial score (nSPS) is 11.2. The van der Waals surface area contributed by atoms with Crippen molar-refractivity contribution >= 4 is 23.5 Å². The average Bonchev–Trinajstić information content (AvgIpc) is 2.37. The number of carbonyl (C=O) groups is 1. The zero-order chi connectivity index (χ0) is 15.2. The molecule has 0 aliphatic heterocycles. The maximum Gasteiger partial charge on any atom is 0.433 e. The largest absolute Gasteiger partial charge is 0.433 e. The molecule has 1 aromatic rings. The van der Waals surface area contributed by atoms with E-state index in [0.29, 0.717) is 12.3 Å². The van der Waals surface area contributed by atoms with E-state index in [4.69, 9.17) is 5.73 Å². The van der Waals surface area contributed by atoms with Crippen LogP contribution < -0.4 is 11.1 Å². The first-order valence-corrected chi connectivity index (χ1v) is 6.82. The van der Waals surface area contributed by atoms with Crippen LogP contribution >= 0.6 is 11.8 Å². The molecule has 0 aliphatic rings. The lowest BCUT2D eigenvalue weighted by Crippen LogP contribution is -2.19. The molecule has 0 aliphatic carbocycles. The Labute approximate surface area is 118 Å². The molecular formula is C12H14F3N3OS. The van der Waals surface area contributed by atoms with E-state index >= 15 is 0 Å². The summed E-state index contributed by atoms with van der Waals surface area (Å²) in [6, 6.07) is 1.76. The van der Waals surface area contributed by atoms with Crippen LogP contribution in [0.5, 0.6) is 0 Å². The summed E-state index contributed by atoms with van der Waals surface area (Å²) in [4.78, 5) is 14.6. The summed E-state index contributed by atoms with van der Waals surface area (Å²) in [5.74, 6) is 0.404. The highest BCUT2D eigenvalue weighted by Gasteiger charge is 2.33. The molecule has 0 atom stereocenters. The average molecular weight is 305 g/mol. The third-order valence-corrected chi connectivity index (χ3v) is 3.19. The number of nitrogens with two attached hydrogens (primary N) is 1. The van der Waals surface area contributed by atoms with E-state index < -0.39 is 17.8 Å². The monoisotopic (exact) mass is 305 g/mol. The van der Waals surface area contributed by atoms with Gasteiger partial charge in [-0.25, -0.2) is 4.98 Å². The fourth-order valence-corrected chi connectivity index (χ4v) is 1.94. The van der Waals surface area contributed by atoms with Crippen LogP contribution in [0.4, 0.5) is 19.0 Å². The van der Waals surface area contributed by atoms with Gasteiger partial charge in [-0.05, 0) is 12.1 Å². The molecule has 20 heavy (non-hydrogen) atoms. The number of carbonyl (C=O) groups excluding carboxylic acids is 1. The first-order valence-electron chi connectivity index (χ1n) is 5.67. The molecule has 1 rings (SSSR count). The topological polar surface area (TPSA) is 68.0 Å². The summed E-state index contributed by atoms with van der Waals surface area (Å²) in [7, 11) is 0. The number of halogens is 3. The number of pyridine rings is 1. The van der Waals surface area contributed by atoms with E-state index in [1.807, 2.05) is 0 Å². The van der Waals surface area contributed by atoms with Gasteiger partial charge in [-0.15, -0.1) is 6.58 Å². The predicted molar refractivity (Wildman–Crippen MR) is 73.8 cm³/mol. The number of rotatable bonds is 7. The van der Waals surface area contributed by atoms with E-state index in [-0.39, 0.29) is 11.4 Å². The Hall–Kier alpha value is -1.70. The summed E-state index contributed by atoms with van der Waals surface area (Å²) in [5, 5.41) is 2.70. The minimum absolute atomic E-state index is 0.0632. The minimum Gasteiger partial charge on any atom is -0.369 e. The fraction of sp³-hybridized carbons (Fsp3) is 0.333. The molecule has 0 saturated carbocycles. The van der Waals surface area contributed by atoms with Gasteiger partial charge >= 0.3 is 6.18 Å². The van der Waals surface area contributed by atoms with Crippen molar-refractivity contribution in [1.82, 2.24) is 4.98 Å². The van der Waals surface area contributed by atoms with Crippen LogP contribution in [0.1, 0.15) is 16.1 Å². The Morgan fingerprint density at radius 1 is 1.50 bits per heavy atom. The van der Waals surface area contributed by atoms with Crippen molar-refractivity contribution in [2.24, 2.45) is 5.73 Å². The number of hydrogen-bond donors (Lipinski definition) is 2. The SMILES string of the molecule is C=CCSCCNc1nc(C(F)(F)F)ccc1C(N)=O. The second-order valence-corrected chi connectivity index (χ2v) is 4.89. The van der Waals surface area contributed by atoms with Crippen LogP contribution in [-0.4, -0.2) is 28.9 Å². The maximum absolute atomic E-state index is 12.6. The molecule has 0 radical (unpaired) electrons. The number of nitrogens with one attached hydrogen (secondary N) is 1. The second-order valence-electron chi connectivity index (χ2n) is 3.75. The molecule has 0 saturated heterocycles. The highest BCUT2D eigenvalue weighted by molar-refractivity contribution is 7.99. The Kier molecular flexibility index (Phi) is 5.87. The van der Waals surface area contributed by atoms with Gasteiger partial charge in [-0.2, -0.15) is 24.9 Å². The van der Waals surface area contributed by atoms with Gasteiger partial charge in [0.2, 0.25) is 0 Å². The van der Waals surface area contributed by atoms with E-state index in [1.165, 1.54) is 0 Å². The summed E-state index contributed by atoms with van der Waals surface area (Å²) >= 11 is 1.55. The van der Waals surface area contributed by atoms with Crippen molar-refractivity contribution in [3.63, 3.8) is 0 Å². The van der Waals surface area contributed by atoms with Gasteiger partial charge < -0.3 is 11.1 Å². The van der Waals surface area contributed by atoms with Crippen molar-refractivity contribution in [1.29, 1.82) is 0 Å². The van der Waals surface area contributed by atoms with Crippen molar-refractivity contribution in [3.8, 4) is 0 Å². The van der Waals surface area contributed by atoms with Crippen molar-refractivity contribution in [2.45, 2.75) is 6.18 Å². The smallest absolute Gasteiger partial charge is 0.369 e. The Morgan fingerprint density at radius 2 is 2.20 bits per heavy atom. The molecule has 3 N–H and O–H groups in total. The molecule has 0 aromatic carbocycles. The Morgan fingerprint density at radius 3 is 2.75 bits per heavy atom. The van der Waals surface area contributed by atoms with Gasteiger partial charge in [0.1, 0.15) is 11.5 Å². The van der Waals surface area contributed by atoms with Crippen LogP contribution in [0, 0.1) is 0 Å². The zero-order valence-electron chi connectivity index (χ0n) is 10.5. The minimum atomic E-state index is -4.57. The summed E-state index contributed by atoms with van der Waals surface area (Å²) in [5.41, 5.74) is 3.98. The first kappa shape index (κ1) is 16.4. The number of alkyl halides is 3. The molecule has 1 aromatic heterocycles. The van der Waals surface area contributed by atoms with Crippen LogP contribution in [0.2, 0.25) is 0 Å². The number of aromatic nitrogens is 1. The van der Waals surface area contributed by atoms with E-state index in [0.717, 1.165) is 17.9 Å². The lowest BCUT2D eigenvalue weighted by atomic mass is 10.2. The highest BCUT2D eigenvalue weighted by atomic mass is 32.2. The maximum atomic E-state index is 12.6. The van der Waals surface area contributed by atoms with Gasteiger partial charge in [0.15, 0.2) is 0 Å². The first-order chi connectivity index (χ1) is 9.36. The standard InChI is InChI=1S/C12H14F3N3OS/c1-2-6-20-7-5-17-11-8(10(16)19)3-4-9(18-11)12(13,14)15/h2-4H,1,5-7H2,(H2,16,19)(H,17,18). The van der Waals surface area contributed by atoms with E-state index in [2.05, 4.69) is 16.9 Å². The van der Waals surface area contributed by atoms with Crippen molar-refractivity contribution in [3.05, 3.63) is 36.0 Å². The van der Waals surface area contributed by atoms with Crippen LogP contribution in [0.15, 0.2) is 24.8 Å². The Bertz CT molecular complexity index is 491. The summed E-state index contributed by atoms with van der Waals surface area (Å²) in [6.45, 7) is 3.92. The van der Waals surface area contributed by atoms with E-state index in [1.54, 1.807) is 17.8 Å². The highest BCUT2D eigenvalue weighted by Crippen LogP contribution is 2.29. The fourth-order valence-electron chi connectivity index (χ4n) is 1.36. The van der Waals surface area contributed by atoms with Crippen LogP contribution in [0.3, 0.4) is 0 Å². The van der Waals surface area contributed by atoms with Crippen molar-refractivity contribution in [2.75, 3.05) is 23.4 Å². The number of amides is 1. The number of nitrogens with zero attached hydrogens (tertiary/aromatic N) is 1. The quantitative estimate of drug-likeness (QED) is 0.600. The number of hydrogen-bond acceptors (Lipinski definition) is 4. The molecule has 1 heterocycles. The molecule has 0 fully saturated rings. The Balaban J connectivity index is 2.84. The van der Waals surface area contributed by atoms with Crippen LogP contribution in [-0.2, 0) is 6.18 Å². The van der Waals surface area contributed by atoms with Crippen molar-refractivity contribution < 1.29 is 18.0 Å². The van der Waals surface area contributed by atoms with Crippen LogP contribution in [0.25, 0.3) is 0 Å². The molecule has 4 nitrogen and oxygen atoms in total. The summed E-state index contributed by atoms with van der Waals surface area (Å²) < 4.78 is 37.7.